The fourth-order valence-electron chi connectivity index (χ4n) is 1.63. The minimum absolute atomic E-state index is 0.130. The summed E-state index contributed by atoms with van der Waals surface area (Å²) in [7, 11) is 1.39. The third kappa shape index (κ3) is 4.22. The van der Waals surface area contributed by atoms with E-state index in [0.29, 0.717) is 5.69 Å². The minimum Gasteiger partial charge on any atom is -0.480 e. The van der Waals surface area contributed by atoms with Gasteiger partial charge in [-0.3, -0.25) is 9.59 Å². The molecule has 2 amide bonds. The molecular weight excluding hydrogens is 320 g/mol. The average Bonchev–Trinajstić information content (AvgIpc) is 2.47. The lowest BCUT2D eigenvalue weighted by Gasteiger charge is -2.31. The topological polar surface area (TPSA) is 86.7 Å². The van der Waals surface area contributed by atoms with Crippen LogP contribution >= 0.6 is 11.6 Å². The Balaban J connectivity index is 3.14. The van der Waals surface area contributed by atoms with Crippen LogP contribution in [0, 0.1) is 5.92 Å². The van der Waals surface area contributed by atoms with Gasteiger partial charge in [-0.1, -0.05) is 25.4 Å². The van der Waals surface area contributed by atoms with Gasteiger partial charge >= 0.3 is 5.97 Å². The number of benzene rings is 1. The van der Waals surface area contributed by atoms with Crippen molar-refractivity contribution in [2.45, 2.75) is 33.2 Å². The van der Waals surface area contributed by atoms with Gasteiger partial charge in [0.05, 0.1) is 10.6 Å². The summed E-state index contributed by atoms with van der Waals surface area (Å²) in [6, 6.07) is 4.52. The van der Waals surface area contributed by atoms with Crippen molar-refractivity contribution in [1.29, 1.82) is 0 Å². The molecule has 0 aromatic heterocycles. The first-order valence-corrected chi connectivity index (χ1v) is 7.48. The van der Waals surface area contributed by atoms with Crippen molar-refractivity contribution < 1.29 is 19.5 Å². The van der Waals surface area contributed by atoms with Gasteiger partial charge in [-0.25, -0.2) is 4.79 Å². The Morgan fingerprint density at radius 1 is 1.26 bits per heavy atom. The number of anilines is 1. The summed E-state index contributed by atoms with van der Waals surface area (Å²) in [4.78, 5) is 36.7. The zero-order chi connectivity index (χ0) is 17.9. The molecule has 0 aliphatic heterocycles. The molecule has 1 aromatic carbocycles. The van der Waals surface area contributed by atoms with Gasteiger partial charge in [-0.15, -0.1) is 0 Å². The van der Waals surface area contributed by atoms with Crippen molar-refractivity contribution in [3.05, 3.63) is 28.8 Å². The summed E-state index contributed by atoms with van der Waals surface area (Å²) in [5.41, 5.74) is -0.833. The third-order valence-corrected chi connectivity index (χ3v) is 3.98. The summed E-state index contributed by atoms with van der Waals surface area (Å²) < 4.78 is 0. The fraction of sp³-hybridized carbons (Fsp3) is 0.438. The predicted octanol–water partition coefficient (Wildman–Crippen LogP) is 2.87. The molecule has 126 valence electrons. The van der Waals surface area contributed by atoms with E-state index < -0.39 is 17.4 Å². The summed E-state index contributed by atoms with van der Waals surface area (Å²) in [5.74, 6) is -2.07. The number of nitrogens with zero attached hydrogens (tertiary/aromatic N) is 1. The maximum atomic E-state index is 12.6. The number of halogens is 1. The van der Waals surface area contributed by atoms with Crippen LogP contribution in [0.5, 0.6) is 0 Å². The van der Waals surface area contributed by atoms with E-state index in [1.165, 1.54) is 33.0 Å². The molecule has 0 fully saturated rings. The Morgan fingerprint density at radius 3 is 2.30 bits per heavy atom. The van der Waals surface area contributed by atoms with Gasteiger partial charge in [0, 0.05) is 18.7 Å². The van der Waals surface area contributed by atoms with E-state index >= 15 is 0 Å². The Morgan fingerprint density at radius 2 is 1.83 bits per heavy atom. The van der Waals surface area contributed by atoms with Crippen LogP contribution < -0.4 is 5.32 Å². The van der Waals surface area contributed by atoms with E-state index in [-0.39, 0.29) is 22.4 Å². The molecule has 0 heterocycles. The second-order valence-electron chi connectivity index (χ2n) is 6.07. The second-order valence-corrected chi connectivity index (χ2v) is 6.47. The van der Waals surface area contributed by atoms with E-state index in [2.05, 4.69) is 5.32 Å². The van der Waals surface area contributed by atoms with Crippen molar-refractivity contribution in [2.75, 3.05) is 12.4 Å². The highest BCUT2D eigenvalue weighted by molar-refractivity contribution is 6.34. The Kier molecular flexibility index (Phi) is 5.77. The first kappa shape index (κ1) is 19.0. The molecule has 0 saturated carbocycles. The van der Waals surface area contributed by atoms with Crippen LogP contribution in [0.1, 0.15) is 38.1 Å². The molecule has 0 spiro atoms. The molecule has 6 nitrogen and oxygen atoms in total. The average molecular weight is 341 g/mol. The van der Waals surface area contributed by atoms with Crippen molar-refractivity contribution in [1.82, 2.24) is 4.90 Å². The number of amides is 2. The molecule has 0 unspecified atom stereocenters. The number of carboxylic acid groups (broad SMARTS) is 1. The van der Waals surface area contributed by atoms with E-state index in [1.807, 2.05) is 0 Å². The molecule has 7 heteroatoms. The number of hydrogen-bond acceptors (Lipinski definition) is 3. The molecule has 1 aromatic rings. The summed E-state index contributed by atoms with van der Waals surface area (Å²) in [5, 5.41) is 12.1. The highest BCUT2D eigenvalue weighted by Crippen LogP contribution is 2.25. The van der Waals surface area contributed by atoms with E-state index in [1.54, 1.807) is 19.9 Å². The summed E-state index contributed by atoms with van der Waals surface area (Å²) >= 11 is 6.06. The largest absolute Gasteiger partial charge is 0.480 e. The molecule has 0 atom stereocenters. The normalized spacial score (nSPS) is 11.3. The van der Waals surface area contributed by atoms with Gasteiger partial charge in [0.1, 0.15) is 5.54 Å². The third-order valence-electron chi connectivity index (χ3n) is 3.66. The van der Waals surface area contributed by atoms with Crippen LogP contribution in [0.4, 0.5) is 5.69 Å². The van der Waals surface area contributed by atoms with Gasteiger partial charge in [-0.2, -0.15) is 0 Å². The number of carbonyl (C=O) groups excluding carboxylic acids is 2. The quantitative estimate of drug-likeness (QED) is 0.862. The number of aliphatic carboxylic acids is 1. The smallest absolute Gasteiger partial charge is 0.329 e. The number of carboxylic acids is 1. The Bertz CT molecular complexity index is 641. The van der Waals surface area contributed by atoms with E-state index in [9.17, 15) is 19.5 Å². The fourth-order valence-corrected chi connectivity index (χ4v) is 1.83. The number of likely N-dealkylation sites (N-methyl/N-ethyl adjacent to an activating group) is 1. The van der Waals surface area contributed by atoms with Gasteiger partial charge in [0.2, 0.25) is 5.91 Å². The lowest BCUT2D eigenvalue weighted by molar-refractivity contribution is -0.147. The van der Waals surface area contributed by atoms with Crippen LogP contribution in [0.3, 0.4) is 0 Å². The van der Waals surface area contributed by atoms with Crippen molar-refractivity contribution in [3.63, 3.8) is 0 Å². The molecule has 0 aliphatic rings. The van der Waals surface area contributed by atoms with Crippen molar-refractivity contribution >= 4 is 35.1 Å². The molecule has 0 aliphatic carbocycles. The van der Waals surface area contributed by atoms with Crippen LogP contribution in [-0.4, -0.2) is 40.4 Å². The van der Waals surface area contributed by atoms with Gasteiger partial charge in [0.25, 0.3) is 5.91 Å². The molecule has 0 radical (unpaired) electrons. The zero-order valence-electron chi connectivity index (χ0n) is 13.8. The minimum atomic E-state index is -1.39. The number of carbonyl (C=O) groups is 3. The molecule has 0 saturated heterocycles. The van der Waals surface area contributed by atoms with E-state index in [4.69, 9.17) is 11.6 Å². The van der Waals surface area contributed by atoms with Crippen LogP contribution in [0.25, 0.3) is 0 Å². The highest BCUT2D eigenvalue weighted by Gasteiger charge is 2.36. The van der Waals surface area contributed by atoms with Crippen LogP contribution in [0.15, 0.2) is 18.2 Å². The Hall–Kier alpha value is -2.08. The highest BCUT2D eigenvalue weighted by atomic mass is 35.5. The van der Waals surface area contributed by atoms with Gasteiger partial charge < -0.3 is 15.3 Å². The molecule has 2 N–H and O–H groups in total. The lowest BCUT2D eigenvalue weighted by Crippen LogP contribution is -2.50. The molecular formula is C16H21ClN2O4. The van der Waals surface area contributed by atoms with E-state index in [0.717, 1.165) is 4.90 Å². The predicted molar refractivity (Wildman–Crippen MR) is 88.7 cm³/mol. The van der Waals surface area contributed by atoms with Crippen molar-refractivity contribution in [2.24, 2.45) is 5.92 Å². The monoisotopic (exact) mass is 340 g/mol. The summed E-state index contributed by atoms with van der Waals surface area (Å²) in [6.07, 6.45) is 0. The molecule has 23 heavy (non-hydrogen) atoms. The maximum absolute atomic E-state index is 12.6. The lowest BCUT2D eigenvalue weighted by atomic mass is 10.0. The summed E-state index contributed by atoms with van der Waals surface area (Å²) in [6.45, 7) is 6.35. The SMILES string of the molecule is CC(C)C(=O)Nc1ccc(Cl)c(C(=O)N(C)C(C)(C)C(=O)O)c1. The van der Waals surface area contributed by atoms with Gasteiger partial charge in [-0.05, 0) is 32.0 Å². The molecule has 1 rings (SSSR count). The second kappa shape index (κ2) is 7.00. The molecule has 0 bridgehead atoms. The number of nitrogens with one attached hydrogen (secondary N) is 1. The number of rotatable bonds is 5. The Labute approximate surface area is 140 Å². The van der Waals surface area contributed by atoms with Crippen LogP contribution in [0.2, 0.25) is 5.02 Å². The first-order valence-electron chi connectivity index (χ1n) is 7.10. The maximum Gasteiger partial charge on any atom is 0.329 e. The zero-order valence-corrected chi connectivity index (χ0v) is 14.6. The standard InChI is InChI=1S/C16H21ClN2O4/c1-9(2)13(20)18-10-6-7-12(17)11(8-10)14(21)19(5)16(3,4)15(22)23/h6-9H,1-5H3,(H,18,20)(H,22,23). The van der Waals surface area contributed by atoms with Gasteiger partial charge in [0.15, 0.2) is 0 Å². The first-order chi connectivity index (χ1) is 10.5. The number of hydrogen-bond donors (Lipinski definition) is 2. The van der Waals surface area contributed by atoms with Crippen molar-refractivity contribution in [3.8, 4) is 0 Å². The van der Waals surface area contributed by atoms with Crippen LogP contribution in [-0.2, 0) is 9.59 Å².